The number of fused-ring (bicyclic) bond motifs is 1. The maximum atomic E-state index is 13.4. The monoisotopic (exact) mass is 519 g/mol. The van der Waals surface area contributed by atoms with E-state index in [0.717, 1.165) is 30.6 Å². The van der Waals surface area contributed by atoms with Crippen LogP contribution in [0.3, 0.4) is 0 Å². The molecule has 0 aliphatic carbocycles. The number of carbonyl (C=O) groups excluding carboxylic acids is 2. The Kier molecular flexibility index (Phi) is 6.97. The third-order valence-electron chi connectivity index (χ3n) is 6.53. The normalized spacial score (nSPS) is 20.2. The number of carbonyl (C=O) groups is 2. The van der Waals surface area contributed by atoms with Crippen LogP contribution in [0.4, 0.5) is 5.13 Å². The zero-order valence-electron chi connectivity index (χ0n) is 21.1. The fourth-order valence-corrected chi connectivity index (χ4v) is 5.48. The standard InChI is InChI=1S/C28H29N3O5S/c1-4-5-6-12-35-21-9-7-8-18(15-21)24-23(26(33)27(34)31(24)28-30-29-17(3)37-28)25(32)19-10-11-22-20(14-19)13-16(2)36-22/h7-11,14-16,24,32H,4-6,12-13H2,1-3H3. The van der Waals surface area contributed by atoms with Gasteiger partial charge in [-0.1, -0.05) is 43.2 Å². The molecule has 0 bridgehead atoms. The number of anilines is 1. The minimum atomic E-state index is -0.880. The van der Waals surface area contributed by atoms with Crippen molar-refractivity contribution in [3.05, 3.63) is 69.7 Å². The van der Waals surface area contributed by atoms with Crippen molar-refractivity contribution in [2.45, 2.75) is 58.6 Å². The van der Waals surface area contributed by atoms with Gasteiger partial charge in [0.25, 0.3) is 5.78 Å². The van der Waals surface area contributed by atoms with E-state index in [1.807, 2.05) is 37.3 Å². The molecule has 2 aliphatic heterocycles. The van der Waals surface area contributed by atoms with Gasteiger partial charge < -0.3 is 14.6 Å². The van der Waals surface area contributed by atoms with Crippen LogP contribution in [0.25, 0.3) is 5.76 Å². The molecule has 2 unspecified atom stereocenters. The van der Waals surface area contributed by atoms with Gasteiger partial charge >= 0.3 is 5.91 Å². The van der Waals surface area contributed by atoms with E-state index in [0.29, 0.717) is 40.0 Å². The van der Waals surface area contributed by atoms with Crippen molar-refractivity contribution in [2.24, 2.45) is 0 Å². The van der Waals surface area contributed by atoms with Gasteiger partial charge in [-0.15, -0.1) is 10.2 Å². The highest BCUT2D eigenvalue weighted by Gasteiger charge is 2.48. The topological polar surface area (TPSA) is 102 Å². The quantitative estimate of drug-likeness (QED) is 0.185. The van der Waals surface area contributed by atoms with E-state index in [-0.39, 0.29) is 17.4 Å². The molecule has 0 spiro atoms. The molecule has 2 atom stereocenters. The number of aryl methyl sites for hydroxylation is 1. The van der Waals surface area contributed by atoms with Crippen LogP contribution in [0.15, 0.2) is 48.0 Å². The number of hydrogen-bond acceptors (Lipinski definition) is 8. The average molecular weight is 520 g/mol. The average Bonchev–Trinajstić information content (AvgIpc) is 3.56. The lowest BCUT2D eigenvalue weighted by molar-refractivity contribution is -0.132. The zero-order valence-corrected chi connectivity index (χ0v) is 21.9. The highest BCUT2D eigenvalue weighted by Crippen LogP contribution is 2.44. The molecule has 9 heteroatoms. The molecular formula is C28H29N3O5S. The van der Waals surface area contributed by atoms with Gasteiger partial charge in [-0.3, -0.25) is 14.5 Å². The fourth-order valence-electron chi connectivity index (χ4n) is 4.77. The maximum Gasteiger partial charge on any atom is 0.301 e. The van der Waals surface area contributed by atoms with Gasteiger partial charge in [0.1, 0.15) is 28.4 Å². The molecule has 0 radical (unpaired) electrons. The molecule has 2 aromatic carbocycles. The second-order valence-corrected chi connectivity index (χ2v) is 10.5. The van der Waals surface area contributed by atoms with Gasteiger partial charge in [-0.2, -0.15) is 0 Å². The number of rotatable bonds is 8. The minimum absolute atomic E-state index is 0.00731. The van der Waals surface area contributed by atoms with E-state index in [4.69, 9.17) is 9.47 Å². The third-order valence-corrected chi connectivity index (χ3v) is 7.36. The van der Waals surface area contributed by atoms with Crippen molar-refractivity contribution in [3.8, 4) is 11.5 Å². The first-order valence-corrected chi connectivity index (χ1v) is 13.3. The van der Waals surface area contributed by atoms with Crippen LogP contribution in [0, 0.1) is 6.92 Å². The van der Waals surface area contributed by atoms with Crippen LogP contribution in [0.2, 0.25) is 0 Å². The van der Waals surface area contributed by atoms with Gasteiger partial charge in [-0.25, -0.2) is 0 Å². The Morgan fingerprint density at radius 1 is 1.19 bits per heavy atom. The van der Waals surface area contributed by atoms with E-state index >= 15 is 0 Å². The number of nitrogens with zero attached hydrogens (tertiary/aromatic N) is 3. The molecule has 0 saturated carbocycles. The van der Waals surface area contributed by atoms with E-state index in [9.17, 15) is 14.7 Å². The van der Waals surface area contributed by atoms with Crippen molar-refractivity contribution < 1.29 is 24.2 Å². The summed E-state index contributed by atoms with van der Waals surface area (Å²) in [5.74, 6) is -0.358. The molecule has 8 nitrogen and oxygen atoms in total. The third kappa shape index (κ3) is 4.83. The summed E-state index contributed by atoms with van der Waals surface area (Å²) in [6, 6.07) is 11.7. The summed E-state index contributed by atoms with van der Waals surface area (Å²) in [4.78, 5) is 28.0. The second-order valence-electron chi connectivity index (χ2n) is 9.36. The molecule has 3 aromatic rings. The Hall–Kier alpha value is -3.72. The number of benzene rings is 2. The summed E-state index contributed by atoms with van der Waals surface area (Å²) < 4.78 is 11.7. The lowest BCUT2D eigenvalue weighted by Gasteiger charge is -2.23. The van der Waals surface area contributed by atoms with Crippen molar-refractivity contribution in [2.75, 3.05) is 11.5 Å². The van der Waals surface area contributed by atoms with Crippen LogP contribution in [-0.4, -0.2) is 39.7 Å². The van der Waals surface area contributed by atoms with Gasteiger partial charge in [0.2, 0.25) is 5.13 Å². The van der Waals surface area contributed by atoms with E-state index in [2.05, 4.69) is 17.1 Å². The largest absolute Gasteiger partial charge is 0.507 e. The van der Waals surface area contributed by atoms with Crippen molar-refractivity contribution >= 4 is 33.9 Å². The lowest BCUT2D eigenvalue weighted by Crippen LogP contribution is -2.29. The smallest absolute Gasteiger partial charge is 0.301 e. The minimum Gasteiger partial charge on any atom is -0.507 e. The number of aromatic nitrogens is 2. The van der Waals surface area contributed by atoms with Crippen LogP contribution in [-0.2, 0) is 16.0 Å². The molecular weight excluding hydrogens is 490 g/mol. The summed E-state index contributed by atoms with van der Waals surface area (Å²) in [6.45, 7) is 6.47. The van der Waals surface area contributed by atoms with Crippen molar-refractivity contribution in [1.82, 2.24) is 10.2 Å². The van der Waals surface area contributed by atoms with E-state index < -0.39 is 17.7 Å². The summed E-state index contributed by atoms with van der Waals surface area (Å²) in [7, 11) is 0. The van der Waals surface area contributed by atoms with Crippen LogP contribution >= 0.6 is 11.3 Å². The van der Waals surface area contributed by atoms with Gasteiger partial charge in [-0.05, 0) is 61.7 Å². The predicted octanol–water partition coefficient (Wildman–Crippen LogP) is 5.37. The van der Waals surface area contributed by atoms with E-state index in [1.54, 1.807) is 19.1 Å². The predicted molar refractivity (Wildman–Crippen MR) is 141 cm³/mol. The Labute approximate surface area is 219 Å². The first kappa shape index (κ1) is 25.0. The van der Waals surface area contributed by atoms with Gasteiger partial charge in [0.05, 0.1) is 18.2 Å². The molecule has 3 heterocycles. The first-order chi connectivity index (χ1) is 17.9. The second kappa shape index (κ2) is 10.3. The first-order valence-electron chi connectivity index (χ1n) is 12.5. The zero-order chi connectivity index (χ0) is 26.1. The molecule has 1 amide bonds. The highest BCUT2D eigenvalue weighted by molar-refractivity contribution is 7.15. The molecule has 1 aromatic heterocycles. The molecule has 5 rings (SSSR count). The van der Waals surface area contributed by atoms with Crippen LogP contribution in [0.5, 0.6) is 11.5 Å². The number of aliphatic hydroxyl groups excluding tert-OH is 1. The summed E-state index contributed by atoms with van der Waals surface area (Å²) in [6.07, 6.45) is 3.84. The van der Waals surface area contributed by atoms with E-state index in [1.165, 1.54) is 16.2 Å². The Balaban J connectivity index is 1.60. The Morgan fingerprint density at radius 3 is 2.78 bits per heavy atom. The number of hydrogen-bond donors (Lipinski definition) is 1. The summed E-state index contributed by atoms with van der Waals surface area (Å²) in [5.41, 5.74) is 2.05. The Bertz CT molecular complexity index is 1380. The Morgan fingerprint density at radius 2 is 2.03 bits per heavy atom. The number of Topliss-reactive ketones (excluding diaryl/α,β-unsaturated/α-hetero) is 1. The number of ether oxygens (including phenoxy) is 2. The maximum absolute atomic E-state index is 13.4. The number of amides is 1. The fraction of sp³-hybridized carbons (Fsp3) is 0.357. The van der Waals surface area contributed by atoms with Crippen molar-refractivity contribution in [3.63, 3.8) is 0 Å². The van der Waals surface area contributed by atoms with Gasteiger partial charge in [0, 0.05) is 12.0 Å². The van der Waals surface area contributed by atoms with Gasteiger partial charge in [0.15, 0.2) is 0 Å². The van der Waals surface area contributed by atoms with Crippen LogP contribution < -0.4 is 14.4 Å². The van der Waals surface area contributed by atoms with Crippen LogP contribution in [0.1, 0.15) is 60.8 Å². The van der Waals surface area contributed by atoms with Crippen molar-refractivity contribution in [1.29, 1.82) is 0 Å². The molecule has 37 heavy (non-hydrogen) atoms. The summed E-state index contributed by atoms with van der Waals surface area (Å²) in [5, 5.41) is 20.6. The summed E-state index contributed by atoms with van der Waals surface area (Å²) >= 11 is 1.22. The molecule has 1 fully saturated rings. The SMILES string of the molecule is CCCCCOc1cccc(C2C(=C(O)c3ccc4c(c3)CC(C)O4)C(=O)C(=O)N2c2nnc(C)s2)c1. The molecule has 192 valence electrons. The molecule has 2 aliphatic rings. The lowest BCUT2D eigenvalue weighted by atomic mass is 9.94. The number of ketones is 1. The molecule has 1 N–H and O–H groups in total. The molecule has 1 saturated heterocycles. The number of unbranched alkanes of at least 4 members (excludes halogenated alkanes) is 2. The number of aliphatic hydroxyl groups is 1. The highest BCUT2D eigenvalue weighted by atomic mass is 32.1.